The summed E-state index contributed by atoms with van der Waals surface area (Å²) in [4.78, 5) is 11.1. The van der Waals surface area contributed by atoms with E-state index in [1.165, 1.54) is 0 Å². The normalized spacial score (nSPS) is 9.86. The van der Waals surface area contributed by atoms with Gasteiger partial charge in [-0.15, -0.1) is 0 Å². The van der Waals surface area contributed by atoms with Gasteiger partial charge in [0.15, 0.2) is 6.54 Å². The lowest BCUT2D eigenvalue weighted by Crippen LogP contribution is -3.00. The van der Waals surface area contributed by atoms with Crippen LogP contribution in [-0.2, 0) is 9.53 Å². The summed E-state index contributed by atoms with van der Waals surface area (Å²) in [6.07, 6.45) is 0.465. The fourth-order valence-corrected chi connectivity index (χ4v) is 0.988. The average Bonchev–Trinajstić information content (AvgIpc) is 2.00. The zero-order chi connectivity index (χ0) is 10.3. The van der Waals surface area contributed by atoms with Gasteiger partial charge in [0.25, 0.3) is 0 Å². The lowest BCUT2D eigenvalue weighted by atomic mass is 10.3. The van der Waals surface area contributed by atoms with E-state index >= 15 is 0 Å². The first-order valence-electron chi connectivity index (χ1n) is 4.36. The van der Waals surface area contributed by atoms with Crippen molar-refractivity contribution < 1.29 is 31.0 Å². The molecule has 0 saturated carbocycles. The number of hydrogen-bond donors (Lipinski definition) is 0. The maximum Gasteiger partial charge on any atom is 0.361 e. The Kier molecular flexibility index (Phi) is 8.80. The molecule has 0 radical (unpaired) electrons. The molecule has 0 heterocycles. The third-order valence-electron chi connectivity index (χ3n) is 1.69. The molecule has 0 N–H and O–H groups in total. The number of likely N-dealkylation sites (N-methyl/N-ethyl adjacent to an activating group) is 1. The smallest absolute Gasteiger partial charge is 0.361 e. The summed E-state index contributed by atoms with van der Waals surface area (Å²) in [7, 11) is 3.82. The van der Waals surface area contributed by atoms with E-state index in [1.54, 1.807) is 6.92 Å². The maximum atomic E-state index is 11.1. The number of rotatable bonds is 5. The molecule has 0 amide bonds. The molecule has 0 bridgehead atoms. The number of quaternary nitrogens is 1. The van der Waals surface area contributed by atoms with Gasteiger partial charge in [0, 0.05) is 0 Å². The highest BCUT2D eigenvalue weighted by molar-refractivity contribution is 5.70. The molecule has 0 rings (SSSR count). The van der Waals surface area contributed by atoms with Crippen LogP contribution in [-0.4, -0.2) is 44.2 Å². The molecular weight excluding hydrogens is 248 g/mol. The van der Waals surface area contributed by atoms with E-state index in [9.17, 15) is 4.79 Å². The van der Waals surface area contributed by atoms with Crippen LogP contribution < -0.4 is 17.0 Å². The summed E-state index contributed by atoms with van der Waals surface area (Å²) in [5, 5.41) is 8.39. The van der Waals surface area contributed by atoms with Crippen LogP contribution in [0, 0.1) is 11.3 Å². The first-order valence-corrected chi connectivity index (χ1v) is 4.36. The summed E-state index contributed by atoms with van der Waals surface area (Å²) in [6.45, 7) is 3.20. The van der Waals surface area contributed by atoms with E-state index in [1.807, 2.05) is 14.1 Å². The molecular formula is C9H17BrN2O2. The van der Waals surface area contributed by atoms with E-state index in [0.717, 1.165) is 0 Å². The summed E-state index contributed by atoms with van der Waals surface area (Å²) in [5.74, 6) is -0.203. The lowest BCUT2D eigenvalue weighted by molar-refractivity contribution is -0.882. The second-order valence-corrected chi connectivity index (χ2v) is 3.53. The monoisotopic (exact) mass is 264 g/mol. The van der Waals surface area contributed by atoms with Gasteiger partial charge in [-0.05, 0) is 6.92 Å². The van der Waals surface area contributed by atoms with Crippen LogP contribution in [0.2, 0.25) is 0 Å². The van der Waals surface area contributed by atoms with Crippen molar-refractivity contribution in [3.05, 3.63) is 0 Å². The van der Waals surface area contributed by atoms with E-state index < -0.39 is 0 Å². The van der Waals surface area contributed by atoms with Crippen molar-refractivity contribution in [2.24, 2.45) is 0 Å². The molecule has 0 saturated heterocycles. The number of ether oxygens (including phenoxy) is 1. The van der Waals surface area contributed by atoms with Crippen molar-refractivity contribution in [3.8, 4) is 6.07 Å². The van der Waals surface area contributed by atoms with Gasteiger partial charge in [-0.2, -0.15) is 5.26 Å². The van der Waals surface area contributed by atoms with Crippen LogP contribution in [0.15, 0.2) is 0 Å². The molecule has 0 unspecified atom stereocenters. The van der Waals surface area contributed by atoms with Crippen molar-refractivity contribution in [1.29, 1.82) is 5.26 Å². The predicted octanol–water partition coefficient (Wildman–Crippen LogP) is -2.46. The minimum absolute atomic E-state index is 0. The van der Waals surface area contributed by atoms with Crippen molar-refractivity contribution in [3.63, 3.8) is 0 Å². The lowest BCUT2D eigenvalue weighted by Gasteiger charge is -2.27. The summed E-state index contributed by atoms with van der Waals surface area (Å²) in [6, 6.07) is 2.06. The third kappa shape index (κ3) is 8.02. The Balaban J connectivity index is 0. The largest absolute Gasteiger partial charge is 1.00 e. The van der Waals surface area contributed by atoms with Crippen LogP contribution in [0.1, 0.15) is 13.3 Å². The Hall–Kier alpha value is -0.600. The van der Waals surface area contributed by atoms with Crippen LogP contribution in [0.3, 0.4) is 0 Å². The minimum Gasteiger partial charge on any atom is -1.00 e. The highest BCUT2D eigenvalue weighted by Gasteiger charge is 2.20. The SMILES string of the molecule is CCOC(=O)C[N+](C)(C)CCC#N.[Br-]. The van der Waals surface area contributed by atoms with Crippen molar-refractivity contribution >= 4 is 5.97 Å². The van der Waals surface area contributed by atoms with Gasteiger partial charge in [0.05, 0.1) is 39.7 Å². The second kappa shape index (κ2) is 7.77. The maximum absolute atomic E-state index is 11.1. The molecule has 0 spiro atoms. The zero-order valence-corrected chi connectivity index (χ0v) is 10.5. The Morgan fingerprint density at radius 2 is 2.07 bits per heavy atom. The summed E-state index contributed by atoms with van der Waals surface area (Å²) in [5.41, 5.74) is 0. The van der Waals surface area contributed by atoms with Crippen molar-refractivity contribution in [2.75, 3.05) is 33.8 Å². The third-order valence-corrected chi connectivity index (χ3v) is 1.69. The summed E-state index contributed by atoms with van der Waals surface area (Å²) >= 11 is 0. The number of esters is 1. The first kappa shape index (κ1) is 15.9. The molecule has 5 heteroatoms. The Bertz CT molecular complexity index is 211. The number of nitrogens with zero attached hydrogens (tertiary/aromatic N) is 2. The topological polar surface area (TPSA) is 50.1 Å². The number of carbonyl (C=O) groups is 1. The number of halogens is 1. The fourth-order valence-electron chi connectivity index (χ4n) is 0.988. The highest BCUT2D eigenvalue weighted by Crippen LogP contribution is 1.99. The minimum atomic E-state index is -0.203. The standard InChI is InChI=1S/C9H17N2O2.BrH/c1-4-13-9(12)8-11(2,3)7-5-6-10;/h4-5,7-8H2,1-3H3;1H/q+1;/p-1. The van der Waals surface area contributed by atoms with Gasteiger partial charge < -0.3 is 26.2 Å². The van der Waals surface area contributed by atoms with Crippen LogP contribution in [0.4, 0.5) is 0 Å². The van der Waals surface area contributed by atoms with Crippen LogP contribution >= 0.6 is 0 Å². The number of nitriles is 1. The van der Waals surface area contributed by atoms with Gasteiger partial charge in [-0.3, -0.25) is 0 Å². The molecule has 14 heavy (non-hydrogen) atoms. The molecule has 82 valence electrons. The van der Waals surface area contributed by atoms with E-state index in [2.05, 4.69) is 6.07 Å². The van der Waals surface area contributed by atoms with Crippen LogP contribution in [0.5, 0.6) is 0 Å². The quantitative estimate of drug-likeness (QED) is 0.409. The second-order valence-electron chi connectivity index (χ2n) is 3.53. The van der Waals surface area contributed by atoms with Crippen molar-refractivity contribution in [1.82, 2.24) is 0 Å². The average molecular weight is 265 g/mol. The molecule has 0 aliphatic rings. The molecule has 0 aromatic carbocycles. The van der Waals surface area contributed by atoms with Gasteiger partial charge >= 0.3 is 5.97 Å². The molecule has 4 nitrogen and oxygen atoms in total. The first-order chi connectivity index (χ1) is 6.02. The molecule has 0 fully saturated rings. The highest BCUT2D eigenvalue weighted by atomic mass is 79.9. The van der Waals surface area contributed by atoms with E-state index in [0.29, 0.717) is 30.6 Å². The summed E-state index contributed by atoms with van der Waals surface area (Å²) < 4.78 is 5.33. The van der Waals surface area contributed by atoms with E-state index in [4.69, 9.17) is 10.00 Å². The molecule has 0 aliphatic heterocycles. The Morgan fingerprint density at radius 1 is 1.50 bits per heavy atom. The molecule has 0 atom stereocenters. The van der Waals surface area contributed by atoms with Gasteiger partial charge in [0.2, 0.25) is 0 Å². The van der Waals surface area contributed by atoms with Crippen LogP contribution in [0.25, 0.3) is 0 Å². The Morgan fingerprint density at radius 3 is 2.50 bits per heavy atom. The molecule has 0 aromatic heterocycles. The Labute approximate surface area is 95.8 Å². The fraction of sp³-hybridized carbons (Fsp3) is 0.778. The van der Waals surface area contributed by atoms with E-state index in [-0.39, 0.29) is 23.0 Å². The zero-order valence-electron chi connectivity index (χ0n) is 8.92. The van der Waals surface area contributed by atoms with Crippen molar-refractivity contribution in [2.45, 2.75) is 13.3 Å². The number of hydrogen-bond acceptors (Lipinski definition) is 3. The molecule has 0 aromatic rings. The van der Waals surface area contributed by atoms with Gasteiger partial charge in [-0.25, -0.2) is 4.79 Å². The number of carbonyl (C=O) groups excluding carboxylic acids is 1. The molecule has 0 aliphatic carbocycles. The van der Waals surface area contributed by atoms with Gasteiger partial charge in [0.1, 0.15) is 0 Å². The van der Waals surface area contributed by atoms with Gasteiger partial charge in [-0.1, -0.05) is 0 Å². The predicted molar refractivity (Wildman–Crippen MR) is 48.7 cm³/mol.